The number of nitrogens with zero attached hydrogens (tertiary/aromatic N) is 5. The van der Waals surface area contributed by atoms with E-state index in [4.69, 9.17) is 32.7 Å². The van der Waals surface area contributed by atoms with Gasteiger partial charge in [-0.15, -0.1) is 0 Å². The summed E-state index contributed by atoms with van der Waals surface area (Å²) in [5.41, 5.74) is 2.60. The summed E-state index contributed by atoms with van der Waals surface area (Å²) in [7, 11) is 0. The van der Waals surface area contributed by atoms with E-state index in [1.807, 2.05) is 17.0 Å². The van der Waals surface area contributed by atoms with Crippen molar-refractivity contribution in [3.63, 3.8) is 0 Å². The minimum Gasteiger partial charge on any atom is -0.352 e. The number of aromatic nitrogens is 3. The van der Waals surface area contributed by atoms with Crippen LogP contribution < -0.4 is 4.90 Å². The van der Waals surface area contributed by atoms with Crippen molar-refractivity contribution in [2.45, 2.75) is 19.8 Å². The molecule has 1 aliphatic rings. The molecule has 3 heterocycles. The lowest BCUT2D eigenvalue weighted by Crippen LogP contribution is -2.49. The molecule has 7 nitrogen and oxygen atoms in total. The second-order valence-electron chi connectivity index (χ2n) is 9.39. The van der Waals surface area contributed by atoms with Crippen LogP contribution in [0.2, 0.25) is 10.0 Å². The highest BCUT2D eigenvalue weighted by atomic mass is 35.5. The van der Waals surface area contributed by atoms with Crippen molar-refractivity contribution in [3.05, 3.63) is 82.1 Å². The Morgan fingerprint density at radius 2 is 1.74 bits per heavy atom. The average molecular weight is 546 g/mol. The van der Waals surface area contributed by atoms with Crippen molar-refractivity contribution in [2.75, 3.05) is 31.1 Å². The molecule has 0 bridgehead atoms. The average Bonchev–Trinajstić information content (AvgIpc) is 3.36. The Hall–Kier alpha value is -3.68. The molecule has 2 aromatic heterocycles. The van der Waals surface area contributed by atoms with Crippen LogP contribution >= 0.6 is 23.2 Å². The molecule has 0 saturated carbocycles. The Morgan fingerprint density at radius 3 is 2.50 bits per heavy atom. The third-order valence-electron chi connectivity index (χ3n) is 6.89. The Labute approximate surface area is 230 Å². The van der Waals surface area contributed by atoms with Crippen LogP contribution in [-0.2, 0) is 6.42 Å². The van der Waals surface area contributed by atoms with Crippen LogP contribution in [-0.4, -0.2) is 52.1 Å². The number of fused-ring (bicyclic) bond motifs is 2. The van der Waals surface area contributed by atoms with Gasteiger partial charge in [0.1, 0.15) is 22.7 Å². The first-order chi connectivity index (χ1) is 18.5. The van der Waals surface area contributed by atoms with E-state index in [0.717, 1.165) is 51.9 Å². The maximum absolute atomic E-state index is 13.2. The van der Waals surface area contributed by atoms with Gasteiger partial charge in [-0.2, -0.15) is 4.98 Å². The first kappa shape index (κ1) is 24.6. The number of rotatable bonds is 5. The summed E-state index contributed by atoms with van der Waals surface area (Å²) in [4.78, 5) is 26.8. The Balaban J connectivity index is 1.34. The predicted octanol–water partition coefficient (Wildman–Crippen LogP) is 6.66. The number of hydrogen-bond donors (Lipinski definition) is 0. The summed E-state index contributed by atoms with van der Waals surface area (Å²) in [6.45, 7) is 4.38. The van der Waals surface area contributed by atoms with Gasteiger partial charge in [-0.05, 0) is 41.5 Å². The van der Waals surface area contributed by atoms with E-state index in [0.29, 0.717) is 47.5 Å². The molecule has 1 saturated heterocycles. The molecule has 5 aromatic rings. The van der Waals surface area contributed by atoms with E-state index in [1.54, 1.807) is 18.2 Å². The zero-order chi connectivity index (χ0) is 26.2. The van der Waals surface area contributed by atoms with Crippen molar-refractivity contribution in [1.29, 1.82) is 0 Å². The van der Waals surface area contributed by atoms with Crippen LogP contribution in [0.4, 0.5) is 5.82 Å². The van der Waals surface area contributed by atoms with Crippen LogP contribution in [0.15, 0.2) is 65.2 Å². The van der Waals surface area contributed by atoms with E-state index in [-0.39, 0.29) is 5.91 Å². The van der Waals surface area contributed by atoms with Gasteiger partial charge < -0.3 is 14.3 Å². The quantitative estimate of drug-likeness (QED) is 0.246. The van der Waals surface area contributed by atoms with Gasteiger partial charge in [-0.3, -0.25) is 4.79 Å². The summed E-state index contributed by atoms with van der Waals surface area (Å²) in [5.74, 6) is 1.41. The molecule has 6 rings (SSSR count). The fourth-order valence-electron chi connectivity index (χ4n) is 4.93. The van der Waals surface area contributed by atoms with Gasteiger partial charge in [0.15, 0.2) is 0 Å². The maximum atomic E-state index is 13.2. The number of carbonyl (C=O) groups excluding carboxylic acids is 1. The number of aryl methyl sites for hydroxylation is 1. The molecule has 1 aliphatic heterocycles. The predicted molar refractivity (Wildman–Crippen MR) is 151 cm³/mol. The van der Waals surface area contributed by atoms with Crippen molar-refractivity contribution in [1.82, 2.24) is 20.0 Å². The number of piperazine rings is 1. The van der Waals surface area contributed by atoms with E-state index >= 15 is 0 Å². The van der Waals surface area contributed by atoms with Crippen molar-refractivity contribution in [3.8, 4) is 11.3 Å². The topological polar surface area (TPSA) is 75.4 Å². The highest BCUT2D eigenvalue weighted by Crippen LogP contribution is 2.35. The largest absolute Gasteiger partial charge is 0.352 e. The van der Waals surface area contributed by atoms with Gasteiger partial charge in [0.25, 0.3) is 11.6 Å². The standard InChI is InChI=1S/C29H25Cl2N5O2/c1-2-5-24-32-27(35-12-14-36(15-13-35)29(37)22-11-10-21(30)17-23(22)31)25-26(34-38-28(25)33-24)20-9-8-18-6-3-4-7-19(18)16-20/h3-4,6-11,16-17H,2,5,12-15H2,1H3. The molecule has 9 heteroatoms. The number of hydrogen-bond acceptors (Lipinski definition) is 6. The molecule has 38 heavy (non-hydrogen) atoms. The summed E-state index contributed by atoms with van der Waals surface area (Å²) >= 11 is 12.3. The summed E-state index contributed by atoms with van der Waals surface area (Å²) in [5, 5.41) is 8.37. The normalized spacial score (nSPS) is 14.0. The molecule has 0 radical (unpaired) electrons. The van der Waals surface area contributed by atoms with E-state index in [9.17, 15) is 4.79 Å². The van der Waals surface area contributed by atoms with Crippen LogP contribution in [0.25, 0.3) is 33.1 Å². The Kier molecular flexibility index (Phi) is 6.64. The maximum Gasteiger partial charge on any atom is 0.263 e. The molecular formula is C29H25Cl2N5O2. The van der Waals surface area contributed by atoms with Crippen LogP contribution in [0.3, 0.4) is 0 Å². The fourth-order valence-corrected chi connectivity index (χ4v) is 5.42. The zero-order valence-electron chi connectivity index (χ0n) is 20.8. The first-order valence-electron chi connectivity index (χ1n) is 12.7. The third kappa shape index (κ3) is 4.57. The second kappa shape index (κ2) is 10.2. The minimum atomic E-state index is -0.104. The molecule has 0 atom stereocenters. The highest BCUT2D eigenvalue weighted by Gasteiger charge is 2.28. The first-order valence-corrected chi connectivity index (χ1v) is 13.4. The number of amides is 1. The van der Waals surface area contributed by atoms with Crippen LogP contribution in [0.1, 0.15) is 29.5 Å². The van der Waals surface area contributed by atoms with Crippen molar-refractivity contribution >= 4 is 56.8 Å². The van der Waals surface area contributed by atoms with Gasteiger partial charge in [0, 0.05) is 43.2 Å². The SMILES string of the molecule is CCCc1nc(N2CCN(C(=O)c3ccc(Cl)cc3Cl)CC2)c2c(-c3ccc4ccccc4c3)noc2n1. The molecule has 0 unspecified atom stereocenters. The molecule has 3 aromatic carbocycles. The molecule has 0 N–H and O–H groups in total. The van der Waals surface area contributed by atoms with Gasteiger partial charge in [-0.1, -0.05) is 71.7 Å². The Bertz CT molecular complexity index is 1660. The molecule has 1 amide bonds. The van der Waals surface area contributed by atoms with Gasteiger partial charge in [0.2, 0.25) is 0 Å². The Morgan fingerprint density at radius 1 is 0.947 bits per heavy atom. The lowest BCUT2D eigenvalue weighted by Gasteiger charge is -2.35. The van der Waals surface area contributed by atoms with Gasteiger partial charge in [0.05, 0.1) is 10.6 Å². The lowest BCUT2D eigenvalue weighted by atomic mass is 10.0. The molecular weight excluding hydrogens is 521 g/mol. The number of carbonyl (C=O) groups is 1. The monoisotopic (exact) mass is 545 g/mol. The summed E-state index contributed by atoms with van der Waals surface area (Å²) in [6, 6.07) is 19.4. The number of benzene rings is 3. The van der Waals surface area contributed by atoms with E-state index in [1.165, 1.54) is 0 Å². The fraction of sp³-hybridized carbons (Fsp3) is 0.241. The van der Waals surface area contributed by atoms with Crippen molar-refractivity contribution in [2.24, 2.45) is 0 Å². The van der Waals surface area contributed by atoms with E-state index < -0.39 is 0 Å². The van der Waals surface area contributed by atoms with Gasteiger partial charge in [-0.25, -0.2) is 4.98 Å². The molecule has 192 valence electrons. The number of halogens is 2. The van der Waals surface area contributed by atoms with Crippen molar-refractivity contribution < 1.29 is 9.32 Å². The second-order valence-corrected chi connectivity index (χ2v) is 10.2. The molecule has 1 fully saturated rings. The van der Waals surface area contributed by atoms with Crippen LogP contribution in [0, 0.1) is 0 Å². The zero-order valence-corrected chi connectivity index (χ0v) is 22.3. The summed E-state index contributed by atoms with van der Waals surface area (Å²) in [6.07, 6.45) is 1.66. The van der Waals surface area contributed by atoms with Crippen LogP contribution in [0.5, 0.6) is 0 Å². The van der Waals surface area contributed by atoms with Gasteiger partial charge >= 0.3 is 0 Å². The number of anilines is 1. The smallest absolute Gasteiger partial charge is 0.263 e. The lowest BCUT2D eigenvalue weighted by molar-refractivity contribution is 0.0747. The minimum absolute atomic E-state index is 0.104. The third-order valence-corrected chi connectivity index (χ3v) is 7.44. The van der Waals surface area contributed by atoms with E-state index in [2.05, 4.69) is 52.3 Å². The highest BCUT2D eigenvalue weighted by molar-refractivity contribution is 6.36. The molecule has 0 aliphatic carbocycles. The molecule has 0 spiro atoms. The summed E-state index contributed by atoms with van der Waals surface area (Å²) < 4.78 is 5.76.